The van der Waals surface area contributed by atoms with Gasteiger partial charge in [-0.1, -0.05) is 84.8 Å². The summed E-state index contributed by atoms with van der Waals surface area (Å²) in [5, 5.41) is 5.37. The van der Waals surface area contributed by atoms with E-state index in [-0.39, 0.29) is 0 Å². The lowest BCUT2D eigenvalue weighted by Crippen LogP contribution is -2.19. The van der Waals surface area contributed by atoms with Gasteiger partial charge in [0.2, 0.25) is 0 Å². The average molecular weight is 439 g/mol. The molecule has 128 valence electrons. The largest absolute Gasteiger partial charge is 0.464 e. The van der Waals surface area contributed by atoms with Crippen LogP contribution in [0.1, 0.15) is 5.56 Å². The zero-order chi connectivity index (χ0) is 17.9. The van der Waals surface area contributed by atoms with Crippen LogP contribution >= 0.6 is 32.0 Å². The molecule has 1 nitrogen and oxygen atoms in total. The predicted molar refractivity (Wildman–Crippen MR) is 118 cm³/mol. The van der Waals surface area contributed by atoms with Crippen molar-refractivity contribution in [1.82, 2.24) is 0 Å². The SMILES string of the molecule is Cc1c(Br)cc(P(c2ccccc2)c2ccccc2)pc1-c1ccco1. The first-order chi connectivity index (χ1) is 12.7. The van der Waals surface area contributed by atoms with E-state index in [4.69, 9.17) is 4.42 Å². The molecule has 0 spiro atoms. The summed E-state index contributed by atoms with van der Waals surface area (Å²) in [6.45, 7) is 2.15. The van der Waals surface area contributed by atoms with Crippen LogP contribution in [0.5, 0.6) is 0 Å². The number of benzene rings is 2. The van der Waals surface area contributed by atoms with Crippen molar-refractivity contribution in [3.8, 4) is 11.1 Å². The van der Waals surface area contributed by atoms with Gasteiger partial charge in [0.05, 0.1) is 6.26 Å². The van der Waals surface area contributed by atoms with Crippen molar-refractivity contribution in [2.75, 3.05) is 0 Å². The van der Waals surface area contributed by atoms with Gasteiger partial charge in [-0.25, -0.2) is 0 Å². The standard InChI is InChI=1S/C22H17BrOP2/c1-16-19(23)15-21(25-22(16)20-13-8-14-24-20)26(17-9-4-2-5-10-17)18-11-6-3-7-12-18/h2-15H,1H3. The number of furan rings is 1. The van der Waals surface area contributed by atoms with E-state index < -0.39 is 7.92 Å². The van der Waals surface area contributed by atoms with E-state index in [0.717, 1.165) is 10.2 Å². The Bertz CT molecular complexity index is 960. The van der Waals surface area contributed by atoms with E-state index in [1.165, 1.54) is 34.7 Å². The lowest BCUT2D eigenvalue weighted by atomic mass is 10.2. The fourth-order valence-corrected chi connectivity index (χ4v) is 8.20. The van der Waals surface area contributed by atoms with Gasteiger partial charge in [-0.15, -0.1) is 0 Å². The average Bonchev–Trinajstić information content (AvgIpc) is 3.21. The summed E-state index contributed by atoms with van der Waals surface area (Å²) in [5.41, 5.74) is 1.24. The summed E-state index contributed by atoms with van der Waals surface area (Å²) in [6, 6.07) is 27.9. The predicted octanol–water partition coefficient (Wildman–Crippen LogP) is 6.36. The van der Waals surface area contributed by atoms with Crippen LogP contribution in [0.2, 0.25) is 0 Å². The summed E-state index contributed by atoms with van der Waals surface area (Å²) < 4.78 is 6.85. The number of hydrogen-bond acceptors (Lipinski definition) is 1. The maximum atomic E-state index is 5.71. The minimum Gasteiger partial charge on any atom is -0.464 e. The highest BCUT2D eigenvalue weighted by atomic mass is 79.9. The van der Waals surface area contributed by atoms with Crippen molar-refractivity contribution in [2.24, 2.45) is 0 Å². The molecule has 0 bridgehead atoms. The monoisotopic (exact) mass is 438 g/mol. The molecule has 0 saturated carbocycles. The van der Waals surface area contributed by atoms with E-state index in [0.29, 0.717) is 0 Å². The fourth-order valence-electron chi connectivity index (χ4n) is 2.90. The molecule has 0 aliphatic rings. The smallest absolute Gasteiger partial charge is 0.138 e. The minimum atomic E-state index is -0.595. The molecule has 4 aromatic rings. The van der Waals surface area contributed by atoms with E-state index in [1.807, 2.05) is 12.1 Å². The second-order valence-corrected chi connectivity index (χ2v) is 10.5. The highest BCUT2D eigenvalue weighted by Gasteiger charge is 2.20. The maximum absolute atomic E-state index is 5.71. The third-order valence-electron chi connectivity index (χ3n) is 4.21. The van der Waals surface area contributed by atoms with Crippen molar-refractivity contribution in [3.05, 3.63) is 95.2 Å². The summed E-state index contributed by atoms with van der Waals surface area (Å²) in [4.78, 5) is 0. The van der Waals surface area contributed by atoms with Crippen LogP contribution in [0.4, 0.5) is 0 Å². The molecule has 26 heavy (non-hydrogen) atoms. The normalized spacial score (nSPS) is 11.3. The topological polar surface area (TPSA) is 13.1 Å². The molecule has 0 atom stereocenters. The van der Waals surface area contributed by atoms with Gasteiger partial charge in [-0.3, -0.25) is 0 Å². The van der Waals surface area contributed by atoms with E-state index >= 15 is 0 Å². The summed E-state index contributed by atoms with van der Waals surface area (Å²) in [7, 11) is 0.617. The lowest BCUT2D eigenvalue weighted by molar-refractivity contribution is 0.583. The quantitative estimate of drug-likeness (QED) is 0.338. The van der Waals surface area contributed by atoms with Gasteiger partial charge < -0.3 is 4.42 Å². The molecule has 0 N–H and O–H groups in total. The highest BCUT2D eigenvalue weighted by Crippen LogP contribution is 2.43. The second kappa shape index (κ2) is 7.89. The Morgan fingerprint density at radius 3 is 2.00 bits per heavy atom. The first-order valence-electron chi connectivity index (χ1n) is 8.35. The lowest BCUT2D eigenvalue weighted by Gasteiger charge is -2.20. The molecule has 2 aromatic heterocycles. The van der Waals surface area contributed by atoms with Gasteiger partial charge in [0.15, 0.2) is 0 Å². The van der Waals surface area contributed by atoms with Crippen molar-refractivity contribution in [3.63, 3.8) is 0 Å². The molecular formula is C22H17BrOP2. The van der Waals surface area contributed by atoms with Crippen LogP contribution in [0.15, 0.2) is 94.0 Å². The van der Waals surface area contributed by atoms with Crippen LogP contribution in [-0.4, -0.2) is 0 Å². The van der Waals surface area contributed by atoms with Crippen LogP contribution in [0.25, 0.3) is 11.1 Å². The van der Waals surface area contributed by atoms with Crippen molar-refractivity contribution < 1.29 is 4.42 Å². The van der Waals surface area contributed by atoms with Gasteiger partial charge in [0, 0.05) is 14.8 Å². The second-order valence-electron chi connectivity index (χ2n) is 5.92. The third-order valence-corrected chi connectivity index (χ3v) is 9.29. The van der Waals surface area contributed by atoms with Crippen LogP contribution in [-0.2, 0) is 0 Å². The van der Waals surface area contributed by atoms with Gasteiger partial charge in [-0.2, -0.15) is 0 Å². The Morgan fingerprint density at radius 2 is 1.46 bits per heavy atom. The highest BCUT2D eigenvalue weighted by molar-refractivity contribution is 9.10. The molecule has 0 aliphatic heterocycles. The summed E-state index contributed by atoms with van der Waals surface area (Å²) >= 11 is 3.78. The van der Waals surface area contributed by atoms with Gasteiger partial charge in [-0.05, 0) is 49.2 Å². The minimum absolute atomic E-state index is 0.595. The Labute approximate surface area is 165 Å². The zero-order valence-corrected chi connectivity index (χ0v) is 17.6. The van der Waals surface area contributed by atoms with Crippen molar-refractivity contribution in [1.29, 1.82) is 0 Å². The van der Waals surface area contributed by atoms with E-state index in [9.17, 15) is 0 Å². The van der Waals surface area contributed by atoms with Crippen molar-refractivity contribution >= 4 is 47.7 Å². The Balaban J connectivity index is 1.92. The number of hydrogen-bond donors (Lipinski definition) is 0. The number of rotatable bonds is 4. The van der Waals surface area contributed by atoms with Crippen molar-refractivity contribution in [2.45, 2.75) is 6.92 Å². The zero-order valence-electron chi connectivity index (χ0n) is 14.3. The first-order valence-corrected chi connectivity index (χ1v) is 11.4. The molecular weight excluding hydrogens is 422 g/mol. The van der Waals surface area contributed by atoms with Crippen LogP contribution in [0.3, 0.4) is 0 Å². The molecule has 0 aliphatic carbocycles. The van der Waals surface area contributed by atoms with Crippen LogP contribution < -0.4 is 15.6 Å². The summed E-state index contributed by atoms with van der Waals surface area (Å²) in [6.07, 6.45) is 1.74. The maximum Gasteiger partial charge on any atom is 0.138 e. The molecule has 4 rings (SSSR count). The van der Waals surface area contributed by atoms with Crippen LogP contribution in [0, 0.1) is 6.92 Å². The molecule has 4 heteroatoms. The number of halogens is 1. The molecule has 0 fully saturated rings. The van der Waals surface area contributed by atoms with Gasteiger partial charge >= 0.3 is 0 Å². The van der Waals surface area contributed by atoms with E-state index in [2.05, 4.69) is 89.6 Å². The Hall–Kier alpha value is -1.72. The summed E-state index contributed by atoms with van der Waals surface area (Å²) in [5.74, 6) is 0.947. The molecule has 2 aromatic carbocycles. The van der Waals surface area contributed by atoms with Gasteiger partial charge in [0.1, 0.15) is 5.76 Å². The molecule has 0 unspecified atom stereocenters. The molecule has 2 heterocycles. The van der Waals surface area contributed by atoms with Gasteiger partial charge in [0.25, 0.3) is 0 Å². The molecule has 0 radical (unpaired) electrons. The first kappa shape index (κ1) is 17.7. The Kier molecular flexibility index (Phi) is 5.36. The fraction of sp³-hybridized carbons (Fsp3) is 0.0455. The third kappa shape index (κ3) is 3.55. The molecule has 0 amide bonds. The van der Waals surface area contributed by atoms with E-state index in [1.54, 1.807) is 6.26 Å². The molecule has 0 saturated heterocycles. The Morgan fingerprint density at radius 1 is 0.846 bits per heavy atom.